The van der Waals surface area contributed by atoms with Gasteiger partial charge < -0.3 is 15.0 Å². The Bertz CT molecular complexity index is 683. The van der Waals surface area contributed by atoms with Crippen LogP contribution in [0.5, 0.6) is 5.75 Å². The van der Waals surface area contributed by atoms with E-state index in [0.717, 1.165) is 11.3 Å². The molecule has 1 aliphatic carbocycles. The van der Waals surface area contributed by atoms with Gasteiger partial charge in [-0.15, -0.1) is 0 Å². The van der Waals surface area contributed by atoms with Crippen LogP contribution < -0.4 is 10.1 Å². The second-order valence-corrected chi connectivity index (χ2v) is 6.38. The first-order chi connectivity index (χ1) is 11.7. The zero-order valence-electron chi connectivity index (χ0n) is 14.2. The van der Waals surface area contributed by atoms with Crippen LogP contribution in [0.1, 0.15) is 30.0 Å². The highest BCUT2D eigenvalue weighted by Crippen LogP contribution is 2.41. The molecule has 0 aliphatic heterocycles. The molecule has 1 atom stereocenters. The standard InChI is InChI=1S/C20H24N2O2/c1-22(14-15-7-6-10-18(13-15)24-2)20(23)21-19(17-11-12-17)16-8-4-3-5-9-16/h3-10,13,17,19H,11-12,14H2,1-2H3,(H,21,23). The van der Waals surface area contributed by atoms with Gasteiger partial charge in [0.1, 0.15) is 5.75 Å². The second-order valence-electron chi connectivity index (χ2n) is 6.38. The van der Waals surface area contributed by atoms with Gasteiger partial charge in [-0.05, 0) is 42.0 Å². The van der Waals surface area contributed by atoms with E-state index in [-0.39, 0.29) is 12.1 Å². The number of benzene rings is 2. The lowest BCUT2D eigenvalue weighted by molar-refractivity contribution is 0.201. The Hall–Kier alpha value is -2.49. The fourth-order valence-corrected chi connectivity index (χ4v) is 2.92. The number of rotatable bonds is 6. The second kappa shape index (κ2) is 7.39. The van der Waals surface area contributed by atoms with E-state index in [2.05, 4.69) is 17.4 Å². The van der Waals surface area contributed by atoms with Crippen LogP contribution in [0, 0.1) is 5.92 Å². The molecule has 0 spiro atoms. The molecule has 0 radical (unpaired) electrons. The van der Waals surface area contributed by atoms with Crippen molar-refractivity contribution in [3.63, 3.8) is 0 Å². The Morgan fingerprint density at radius 3 is 2.62 bits per heavy atom. The topological polar surface area (TPSA) is 41.6 Å². The average Bonchev–Trinajstić information content (AvgIpc) is 3.45. The van der Waals surface area contributed by atoms with Crippen LogP contribution in [0.15, 0.2) is 54.6 Å². The molecule has 3 rings (SSSR count). The maximum atomic E-state index is 12.6. The number of urea groups is 1. The number of carbonyl (C=O) groups excluding carboxylic acids is 1. The van der Waals surface area contributed by atoms with Gasteiger partial charge in [-0.25, -0.2) is 4.79 Å². The van der Waals surface area contributed by atoms with Gasteiger partial charge in [-0.3, -0.25) is 0 Å². The first kappa shape index (κ1) is 16.4. The molecule has 1 aliphatic rings. The Morgan fingerprint density at radius 2 is 1.96 bits per heavy atom. The van der Waals surface area contributed by atoms with Gasteiger partial charge in [0.15, 0.2) is 0 Å². The number of hydrogen-bond acceptors (Lipinski definition) is 2. The van der Waals surface area contributed by atoms with Gasteiger partial charge >= 0.3 is 6.03 Å². The highest BCUT2D eigenvalue weighted by molar-refractivity contribution is 5.74. The zero-order valence-corrected chi connectivity index (χ0v) is 14.2. The van der Waals surface area contributed by atoms with E-state index in [1.54, 1.807) is 12.0 Å². The minimum atomic E-state index is -0.0430. The van der Waals surface area contributed by atoms with Crippen LogP contribution >= 0.6 is 0 Å². The van der Waals surface area contributed by atoms with Crippen LogP contribution in [-0.2, 0) is 6.54 Å². The van der Waals surface area contributed by atoms with Gasteiger partial charge in [-0.1, -0.05) is 42.5 Å². The highest BCUT2D eigenvalue weighted by atomic mass is 16.5. The third-order valence-corrected chi connectivity index (χ3v) is 4.43. The van der Waals surface area contributed by atoms with Crippen LogP contribution in [0.2, 0.25) is 0 Å². The summed E-state index contributed by atoms with van der Waals surface area (Å²) >= 11 is 0. The van der Waals surface area contributed by atoms with E-state index in [4.69, 9.17) is 4.74 Å². The number of nitrogens with zero attached hydrogens (tertiary/aromatic N) is 1. The SMILES string of the molecule is COc1cccc(CN(C)C(=O)NC(c2ccccc2)C2CC2)c1. The minimum Gasteiger partial charge on any atom is -0.497 e. The summed E-state index contributed by atoms with van der Waals surface area (Å²) in [4.78, 5) is 14.3. The monoisotopic (exact) mass is 324 g/mol. The molecule has 2 aromatic carbocycles. The quantitative estimate of drug-likeness (QED) is 0.873. The summed E-state index contributed by atoms with van der Waals surface area (Å²) in [6, 6.07) is 18.1. The molecule has 0 bridgehead atoms. The van der Waals surface area contributed by atoms with Crippen LogP contribution in [0.25, 0.3) is 0 Å². The summed E-state index contributed by atoms with van der Waals surface area (Å²) in [5, 5.41) is 3.20. The van der Waals surface area contributed by atoms with Crippen molar-refractivity contribution in [1.29, 1.82) is 0 Å². The molecule has 0 heterocycles. The first-order valence-corrected chi connectivity index (χ1v) is 8.37. The number of nitrogens with one attached hydrogen (secondary N) is 1. The number of carbonyl (C=O) groups is 1. The molecule has 1 saturated carbocycles. The molecular weight excluding hydrogens is 300 g/mol. The van der Waals surface area contributed by atoms with E-state index in [1.165, 1.54) is 18.4 Å². The molecule has 24 heavy (non-hydrogen) atoms. The number of amides is 2. The molecule has 1 fully saturated rings. The van der Waals surface area contributed by atoms with E-state index in [1.807, 2.05) is 49.5 Å². The van der Waals surface area contributed by atoms with Gasteiger partial charge in [0.25, 0.3) is 0 Å². The van der Waals surface area contributed by atoms with Gasteiger partial charge in [0.2, 0.25) is 0 Å². The van der Waals surface area contributed by atoms with Crippen molar-refractivity contribution in [2.75, 3.05) is 14.2 Å². The fraction of sp³-hybridized carbons (Fsp3) is 0.350. The minimum absolute atomic E-state index is 0.0430. The van der Waals surface area contributed by atoms with Crippen molar-refractivity contribution in [3.8, 4) is 5.75 Å². The molecule has 1 unspecified atom stereocenters. The lowest BCUT2D eigenvalue weighted by atomic mass is 10.0. The Morgan fingerprint density at radius 1 is 1.21 bits per heavy atom. The smallest absolute Gasteiger partial charge is 0.317 e. The third kappa shape index (κ3) is 4.07. The Labute approximate surface area is 143 Å². The van der Waals surface area contributed by atoms with E-state index >= 15 is 0 Å². The molecule has 4 heteroatoms. The zero-order chi connectivity index (χ0) is 16.9. The molecular formula is C20H24N2O2. The summed E-state index contributed by atoms with van der Waals surface area (Å²) in [7, 11) is 3.47. The van der Waals surface area contributed by atoms with Crippen molar-refractivity contribution in [2.24, 2.45) is 5.92 Å². The van der Waals surface area contributed by atoms with E-state index in [0.29, 0.717) is 12.5 Å². The van der Waals surface area contributed by atoms with Crippen LogP contribution in [-0.4, -0.2) is 25.1 Å². The molecule has 2 aromatic rings. The predicted octanol–water partition coefficient (Wildman–Crippen LogP) is 3.99. The molecule has 1 N–H and O–H groups in total. The van der Waals surface area contributed by atoms with Crippen molar-refractivity contribution in [2.45, 2.75) is 25.4 Å². The van der Waals surface area contributed by atoms with Gasteiger partial charge in [-0.2, -0.15) is 0 Å². The lowest BCUT2D eigenvalue weighted by Crippen LogP contribution is -2.39. The number of methoxy groups -OCH3 is 1. The van der Waals surface area contributed by atoms with E-state index in [9.17, 15) is 4.79 Å². The third-order valence-electron chi connectivity index (χ3n) is 4.43. The molecule has 0 saturated heterocycles. The van der Waals surface area contributed by atoms with Crippen LogP contribution in [0.3, 0.4) is 0 Å². The van der Waals surface area contributed by atoms with Crippen molar-refractivity contribution >= 4 is 6.03 Å². The van der Waals surface area contributed by atoms with Crippen molar-refractivity contribution < 1.29 is 9.53 Å². The molecule has 4 nitrogen and oxygen atoms in total. The maximum Gasteiger partial charge on any atom is 0.317 e. The molecule has 126 valence electrons. The molecule has 0 aromatic heterocycles. The largest absolute Gasteiger partial charge is 0.497 e. The van der Waals surface area contributed by atoms with E-state index < -0.39 is 0 Å². The summed E-state index contributed by atoms with van der Waals surface area (Å²) < 4.78 is 5.24. The first-order valence-electron chi connectivity index (χ1n) is 8.37. The van der Waals surface area contributed by atoms with Gasteiger partial charge in [0.05, 0.1) is 13.2 Å². The lowest BCUT2D eigenvalue weighted by Gasteiger charge is -2.24. The molecule has 2 amide bonds. The highest BCUT2D eigenvalue weighted by Gasteiger charge is 2.33. The Kier molecular flexibility index (Phi) is 5.04. The summed E-state index contributed by atoms with van der Waals surface area (Å²) in [6.07, 6.45) is 2.36. The predicted molar refractivity (Wildman–Crippen MR) is 94.9 cm³/mol. The average molecular weight is 324 g/mol. The summed E-state index contributed by atoms with van der Waals surface area (Å²) in [5.74, 6) is 1.36. The maximum absolute atomic E-state index is 12.6. The number of ether oxygens (including phenoxy) is 1. The fourth-order valence-electron chi connectivity index (χ4n) is 2.92. The van der Waals surface area contributed by atoms with Crippen LogP contribution in [0.4, 0.5) is 4.79 Å². The van der Waals surface area contributed by atoms with Crippen molar-refractivity contribution in [3.05, 3.63) is 65.7 Å². The van der Waals surface area contributed by atoms with Crippen molar-refractivity contribution in [1.82, 2.24) is 10.2 Å². The van der Waals surface area contributed by atoms with Gasteiger partial charge in [0, 0.05) is 13.6 Å². The normalized spacial score (nSPS) is 14.8. The number of hydrogen-bond donors (Lipinski definition) is 1. The summed E-state index contributed by atoms with van der Waals surface area (Å²) in [5.41, 5.74) is 2.23. The summed E-state index contributed by atoms with van der Waals surface area (Å²) in [6.45, 7) is 0.551. The Balaban J connectivity index is 1.64.